The fourth-order valence-corrected chi connectivity index (χ4v) is 3.17. The molecule has 0 bridgehead atoms. The Morgan fingerprint density at radius 3 is 2.12 bits per heavy atom. The first-order chi connectivity index (χ1) is 12.8. The van der Waals surface area contributed by atoms with Crippen LogP contribution in [0.1, 0.15) is 0 Å². The van der Waals surface area contributed by atoms with Crippen LogP contribution in [0.15, 0.2) is 94.8 Å². The van der Waals surface area contributed by atoms with Crippen LogP contribution in [-0.4, -0.2) is 4.57 Å². The highest BCUT2D eigenvalue weighted by Gasteiger charge is 2.18. The number of benzene rings is 3. The lowest BCUT2D eigenvalue weighted by atomic mass is 10.0. The fourth-order valence-electron chi connectivity index (χ4n) is 3.17. The van der Waals surface area contributed by atoms with Gasteiger partial charge in [0, 0.05) is 16.0 Å². The predicted molar refractivity (Wildman–Crippen MR) is 104 cm³/mol. The summed E-state index contributed by atoms with van der Waals surface area (Å²) in [6.45, 7) is 0. The Morgan fingerprint density at radius 2 is 1.42 bits per heavy atom. The van der Waals surface area contributed by atoms with Gasteiger partial charge in [-0.05, 0) is 29.3 Å². The van der Waals surface area contributed by atoms with E-state index in [2.05, 4.69) is 10.0 Å². The SMILES string of the molecule is [N-]=[N+]=Nc1c(-c2ccccc2)c(=O)n(-c2ccccc2)c2ccccc12. The largest absolute Gasteiger partial charge is 0.276 e. The molecule has 0 saturated heterocycles. The molecule has 3 aromatic carbocycles. The van der Waals surface area contributed by atoms with Gasteiger partial charge in [-0.3, -0.25) is 9.36 Å². The van der Waals surface area contributed by atoms with Gasteiger partial charge in [-0.2, -0.15) is 0 Å². The Kier molecular flexibility index (Phi) is 3.98. The van der Waals surface area contributed by atoms with Crippen molar-refractivity contribution in [1.82, 2.24) is 4.57 Å². The predicted octanol–water partition coefficient (Wildman–Crippen LogP) is 5.60. The van der Waals surface area contributed by atoms with Gasteiger partial charge < -0.3 is 0 Å². The van der Waals surface area contributed by atoms with Crippen LogP contribution in [0.4, 0.5) is 5.69 Å². The molecule has 0 aliphatic rings. The molecule has 0 aliphatic carbocycles. The van der Waals surface area contributed by atoms with Crippen molar-refractivity contribution in [3.05, 3.63) is 106 Å². The summed E-state index contributed by atoms with van der Waals surface area (Å²) in [5.74, 6) is 0. The van der Waals surface area contributed by atoms with E-state index in [-0.39, 0.29) is 5.56 Å². The van der Waals surface area contributed by atoms with Gasteiger partial charge in [-0.25, -0.2) is 0 Å². The van der Waals surface area contributed by atoms with Crippen molar-refractivity contribution >= 4 is 16.6 Å². The van der Waals surface area contributed by atoms with Crippen LogP contribution < -0.4 is 5.56 Å². The molecule has 5 heteroatoms. The van der Waals surface area contributed by atoms with Gasteiger partial charge in [0.2, 0.25) is 0 Å². The number of aromatic nitrogens is 1. The second-order valence-electron chi connectivity index (χ2n) is 5.77. The van der Waals surface area contributed by atoms with E-state index < -0.39 is 0 Å². The van der Waals surface area contributed by atoms with Gasteiger partial charge in [0.15, 0.2) is 0 Å². The number of para-hydroxylation sites is 2. The van der Waals surface area contributed by atoms with Crippen LogP contribution in [0.3, 0.4) is 0 Å². The zero-order valence-electron chi connectivity index (χ0n) is 13.8. The molecule has 0 amide bonds. The minimum absolute atomic E-state index is 0.219. The molecule has 1 heterocycles. The summed E-state index contributed by atoms with van der Waals surface area (Å²) in [4.78, 5) is 16.4. The van der Waals surface area contributed by atoms with E-state index in [0.29, 0.717) is 16.8 Å². The molecular weight excluding hydrogens is 324 g/mol. The topological polar surface area (TPSA) is 70.8 Å². The minimum atomic E-state index is -0.219. The zero-order valence-corrected chi connectivity index (χ0v) is 13.8. The fraction of sp³-hybridized carbons (Fsp3) is 0. The maximum absolute atomic E-state index is 13.5. The summed E-state index contributed by atoms with van der Waals surface area (Å²) in [6.07, 6.45) is 0. The first-order valence-corrected chi connectivity index (χ1v) is 8.15. The van der Waals surface area contributed by atoms with Gasteiger partial charge in [-0.15, -0.1) is 0 Å². The summed E-state index contributed by atoms with van der Waals surface area (Å²) in [5, 5.41) is 4.60. The molecule has 0 radical (unpaired) electrons. The van der Waals surface area contributed by atoms with Crippen LogP contribution in [0.2, 0.25) is 0 Å². The van der Waals surface area contributed by atoms with Crippen LogP contribution in [0.25, 0.3) is 38.2 Å². The number of rotatable bonds is 3. The summed E-state index contributed by atoms with van der Waals surface area (Å²) in [7, 11) is 0. The lowest BCUT2D eigenvalue weighted by molar-refractivity contribution is 1.04. The standard InChI is InChI=1S/C21H14N4O/c22-24-23-20-17-13-7-8-14-18(17)25(16-11-5-2-6-12-16)21(26)19(20)15-9-3-1-4-10-15/h1-14H. The first kappa shape index (κ1) is 15.7. The third kappa shape index (κ3) is 2.53. The number of hydrogen-bond donors (Lipinski definition) is 0. The van der Waals surface area contributed by atoms with E-state index in [1.54, 1.807) is 4.57 Å². The second kappa shape index (κ2) is 6.59. The summed E-state index contributed by atoms with van der Waals surface area (Å²) < 4.78 is 1.66. The third-order valence-corrected chi connectivity index (χ3v) is 4.28. The molecule has 0 unspecified atom stereocenters. The quantitative estimate of drug-likeness (QED) is 0.272. The van der Waals surface area contributed by atoms with Crippen LogP contribution >= 0.6 is 0 Å². The van der Waals surface area contributed by atoms with E-state index in [1.807, 2.05) is 84.9 Å². The monoisotopic (exact) mass is 338 g/mol. The number of nitrogens with zero attached hydrogens (tertiary/aromatic N) is 4. The Labute approximate surface area is 149 Å². The van der Waals surface area contributed by atoms with Crippen molar-refractivity contribution in [3.63, 3.8) is 0 Å². The molecule has 5 nitrogen and oxygen atoms in total. The molecular formula is C21H14N4O. The Morgan fingerprint density at radius 1 is 0.808 bits per heavy atom. The van der Waals surface area contributed by atoms with Gasteiger partial charge in [0.05, 0.1) is 16.8 Å². The molecule has 26 heavy (non-hydrogen) atoms. The van der Waals surface area contributed by atoms with Crippen molar-refractivity contribution in [2.24, 2.45) is 5.11 Å². The Hall–Kier alpha value is -3.82. The average Bonchev–Trinajstić information content (AvgIpc) is 2.70. The molecule has 1 aromatic heterocycles. The van der Waals surface area contributed by atoms with Gasteiger partial charge in [0.25, 0.3) is 5.56 Å². The summed E-state index contributed by atoms with van der Waals surface area (Å²) >= 11 is 0. The first-order valence-electron chi connectivity index (χ1n) is 8.15. The minimum Gasteiger partial charge on any atom is -0.276 e. The van der Waals surface area contributed by atoms with Crippen LogP contribution in [-0.2, 0) is 0 Å². The second-order valence-corrected chi connectivity index (χ2v) is 5.77. The maximum atomic E-state index is 13.5. The molecule has 124 valence electrons. The van der Waals surface area contributed by atoms with E-state index >= 15 is 0 Å². The van der Waals surface area contributed by atoms with E-state index in [1.165, 1.54) is 0 Å². The smallest absolute Gasteiger partial charge is 0.263 e. The maximum Gasteiger partial charge on any atom is 0.263 e. The van der Waals surface area contributed by atoms with E-state index in [4.69, 9.17) is 5.53 Å². The number of hydrogen-bond acceptors (Lipinski definition) is 2. The van der Waals surface area contributed by atoms with Crippen molar-refractivity contribution in [2.75, 3.05) is 0 Å². The molecule has 4 aromatic rings. The Bertz CT molecular complexity index is 1190. The lowest BCUT2D eigenvalue weighted by Crippen LogP contribution is -2.20. The highest BCUT2D eigenvalue weighted by atomic mass is 16.1. The van der Waals surface area contributed by atoms with Crippen LogP contribution in [0, 0.1) is 0 Å². The molecule has 0 N–H and O–H groups in total. The van der Waals surface area contributed by atoms with Crippen molar-refractivity contribution in [1.29, 1.82) is 0 Å². The van der Waals surface area contributed by atoms with Crippen molar-refractivity contribution in [2.45, 2.75) is 0 Å². The lowest BCUT2D eigenvalue weighted by Gasteiger charge is -2.16. The van der Waals surface area contributed by atoms with E-state index in [9.17, 15) is 4.79 Å². The molecule has 0 spiro atoms. The highest BCUT2D eigenvalue weighted by molar-refractivity contribution is 5.98. The van der Waals surface area contributed by atoms with Gasteiger partial charge in [-0.1, -0.05) is 71.8 Å². The number of azide groups is 1. The van der Waals surface area contributed by atoms with Crippen molar-refractivity contribution in [3.8, 4) is 16.8 Å². The number of pyridine rings is 1. The third-order valence-electron chi connectivity index (χ3n) is 4.28. The van der Waals surface area contributed by atoms with E-state index in [0.717, 1.165) is 16.6 Å². The number of fused-ring (bicyclic) bond motifs is 1. The molecule has 0 aliphatic heterocycles. The summed E-state index contributed by atoms with van der Waals surface area (Å²) in [5.41, 5.74) is 11.8. The van der Waals surface area contributed by atoms with Crippen molar-refractivity contribution < 1.29 is 0 Å². The molecule has 0 saturated carbocycles. The summed E-state index contributed by atoms with van der Waals surface area (Å²) in [6, 6.07) is 26.2. The molecule has 4 rings (SSSR count). The normalized spacial score (nSPS) is 10.5. The zero-order chi connectivity index (χ0) is 17.9. The van der Waals surface area contributed by atoms with Gasteiger partial charge in [0.1, 0.15) is 0 Å². The Balaban J connectivity index is 2.24. The highest BCUT2D eigenvalue weighted by Crippen LogP contribution is 2.35. The van der Waals surface area contributed by atoms with Gasteiger partial charge >= 0.3 is 0 Å². The molecule has 0 fully saturated rings. The average molecular weight is 338 g/mol. The van der Waals surface area contributed by atoms with Crippen LogP contribution in [0.5, 0.6) is 0 Å². The molecule has 0 atom stereocenters.